The summed E-state index contributed by atoms with van der Waals surface area (Å²) in [6, 6.07) is 5.78. The van der Waals surface area contributed by atoms with Gasteiger partial charge in [-0.1, -0.05) is 36.4 Å². The Bertz CT molecular complexity index is 605. The van der Waals surface area contributed by atoms with Crippen molar-refractivity contribution < 1.29 is 0 Å². The highest BCUT2D eigenvalue weighted by atomic mass is 35.5. The van der Waals surface area contributed by atoms with Gasteiger partial charge in [0, 0.05) is 28.6 Å². The Morgan fingerprint density at radius 3 is 2.94 bits per heavy atom. The molecular weight excluding hydrogens is 230 g/mol. The Balaban J connectivity index is 2.51. The molecule has 1 heterocycles. The molecule has 86 valence electrons. The summed E-state index contributed by atoms with van der Waals surface area (Å²) in [6.45, 7) is 4.20. The summed E-state index contributed by atoms with van der Waals surface area (Å²) in [5.41, 5.74) is 3.11. The Hall–Kier alpha value is -1.52. The number of rotatable bonds is 1. The lowest BCUT2D eigenvalue weighted by atomic mass is 10.1. The van der Waals surface area contributed by atoms with Gasteiger partial charge in [0.15, 0.2) is 0 Å². The normalized spacial score (nSPS) is 10.1. The van der Waals surface area contributed by atoms with Crippen molar-refractivity contribution in [3.63, 3.8) is 0 Å². The van der Waals surface area contributed by atoms with Gasteiger partial charge in [-0.25, -0.2) is 0 Å². The van der Waals surface area contributed by atoms with Gasteiger partial charge in [-0.05, 0) is 31.0 Å². The number of fused-ring (bicyclic) bond motifs is 1. The van der Waals surface area contributed by atoms with E-state index in [1.54, 1.807) is 0 Å². The van der Waals surface area contributed by atoms with Crippen LogP contribution in [0.1, 0.15) is 30.9 Å². The minimum absolute atomic E-state index is 0.717. The van der Waals surface area contributed by atoms with Gasteiger partial charge in [-0.3, -0.25) is 4.98 Å². The van der Waals surface area contributed by atoms with Crippen molar-refractivity contribution in [3.8, 4) is 11.8 Å². The SMILES string of the molecule is CCCC#Cc1cnc2cc(Cl)ccc2c1C. The van der Waals surface area contributed by atoms with Gasteiger partial charge in [0.1, 0.15) is 0 Å². The van der Waals surface area contributed by atoms with Crippen LogP contribution in [0.15, 0.2) is 24.4 Å². The minimum Gasteiger partial charge on any atom is -0.255 e. The third-order valence-corrected chi connectivity index (χ3v) is 2.93. The van der Waals surface area contributed by atoms with Crippen molar-refractivity contribution in [1.82, 2.24) is 4.98 Å². The molecule has 0 amide bonds. The minimum atomic E-state index is 0.717. The van der Waals surface area contributed by atoms with Crippen LogP contribution in [0.3, 0.4) is 0 Å². The first-order chi connectivity index (χ1) is 8.22. The van der Waals surface area contributed by atoms with E-state index in [1.165, 1.54) is 5.56 Å². The Labute approximate surface area is 107 Å². The van der Waals surface area contributed by atoms with E-state index >= 15 is 0 Å². The van der Waals surface area contributed by atoms with Crippen LogP contribution in [0.4, 0.5) is 0 Å². The number of aryl methyl sites for hydroxylation is 1. The molecule has 0 radical (unpaired) electrons. The zero-order chi connectivity index (χ0) is 12.3. The molecule has 0 unspecified atom stereocenters. The number of unbranched alkanes of at least 4 members (excludes halogenated alkanes) is 1. The molecule has 0 N–H and O–H groups in total. The van der Waals surface area contributed by atoms with Crippen molar-refractivity contribution in [2.45, 2.75) is 26.7 Å². The Morgan fingerprint density at radius 2 is 2.18 bits per heavy atom. The highest BCUT2D eigenvalue weighted by molar-refractivity contribution is 6.31. The summed E-state index contributed by atoms with van der Waals surface area (Å²) >= 11 is 5.95. The molecule has 0 atom stereocenters. The summed E-state index contributed by atoms with van der Waals surface area (Å²) in [7, 11) is 0. The first-order valence-electron chi connectivity index (χ1n) is 5.76. The fourth-order valence-corrected chi connectivity index (χ4v) is 1.88. The molecule has 0 fully saturated rings. The van der Waals surface area contributed by atoms with Crippen LogP contribution < -0.4 is 0 Å². The first-order valence-corrected chi connectivity index (χ1v) is 6.14. The highest BCUT2D eigenvalue weighted by Gasteiger charge is 2.03. The number of pyridine rings is 1. The quantitative estimate of drug-likeness (QED) is 0.679. The summed E-state index contributed by atoms with van der Waals surface area (Å²) in [5, 5.41) is 1.84. The fourth-order valence-electron chi connectivity index (χ4n) is 1.71. The third-order valence-electron chi connectivity index (χ3n) is 2.70. The monoisotopic (exact) mass is 243 g/mol. The standard InChI is InChI=1S/C15H14ClN/c1-3-4-5-6-12-10-17-15-9-13(16)7-8-14(15)11(12)2/h7-10H,3-4H2,1-2H3. The van der Waals surface area contributed by atoms with Crippen LogP contribution in [0.25, 0.3) is 10.9 Å². The van der Waals surface area contributed by atoms with Crippen molar-refractivity contribution in [2.75, 3.05) is 0 Å². The molecule has 1 aromatic carbocycles. The van der Waals surface area contributed by atoms with Gasteiger partial charge < -0.3 is 0 Å². The number of nitrogens with zero attached hydrogens (tertiary/aromatic N) is 1. The van der Waals surface area contributed by atoms with Gasteiger partial charge in [0.25, 0.3) is 0 Å². The van der Waals surface area contributed by atoms with E-state index in [0.29, 0.717) is 5.02 Å². The van der Waals surface area contributed by atoms with Crippen LogP contribution in [-0.4, -0.2) is 4.98 Å². The molecule has 2 aromatic rings. The van der Waals surface area contributed by atoms with E-state index in [1.807, 2.05) is 24.4 Å². The summed E-state index contributed by atoms with van der Waals surface area (Å²) < 4.78 is 0. The number of hydrogen-bond acceptors (Lipinski definition) is 1. The average Bonchev–Trinajstić information content (AvgIpc) is 2.32. The molecule has 1 nitrogen and oxygen atoms in total. The van der Waals surface area contributed by atoms with Crippen molar-refractivity contribution in [1.29, 1.82) is 0 Å². The van der Waals surface area contributed by atoms with E-state index in [4.69, 9.17) is 11.6 Å². The van der Waals surface area contributed by atoms with Crippen molar-refractivity contribution in [2.24, 2.45) is 0 Å². The molecule has 2 heteroatoms. The predicted molar refractivity (Wildman–Crippen MR) is 73.3 cm³/mol. The molecule has 1 aromatic heterocycles. The maximum Gasteiger partial charge on any atom is 0.0720 e. The maximum atomic E-state index is 5.95. The lowest BCUT2D eigenvalue weighted by molar-refractivity contribution is 0.983. The summed E-state index contributed by atoms with van der Waals surface area (Å²) in [5.74, 6) is 6.33. The number of aromatic nitrogens is 1. The second kappa shape index (κ2) is 5.21. The second-order valence-corrected chi connectivity index (χ2v) is 4.45. The second-order valence-electron chi connectivity index (χ2n) is 4.01. The van der Waals surface area contributed by atoms with E-state index in [-0.39, 0.29) is 0 Å². The lowest BCUT2D eigenvalue weighted by Crippen LogP contribution is -1.88. The summed E-state index contributed by atoms with van der Waals surface area (Å²) in [4.78, 5) is 4.39. The zero-order valence-corrected chi connectivity index (χ0v) is 10.8. The van der Waals surface area contributed by atoms with Crippen LogP contribution in [0.2, 0.25) is 5.02 Å². The van der Waals surface area contributed by atoms with Gasteiger partial charge in [-0.2, -0.15) is 0 Å². The van der Waals surface area contributed by atoms with Crippen LogP contribution in [0.5, 0.6) is 0 Å². The average molecular weight is 244 g/mol. The Morgan fingerprint density at radius 1 is 1.35 bits per heavy atom. The molecule has 0 aliphatic heterocycles. The number of benzene rings is 1. The molecule has 0 aliphatic carbocycles. The van der Waals surface area contributed by atoms with Gasteiger partial charge in [0.2, 0.25) is 0 Å². The maximum absolute atomic E-state index is 5.95. The molecule has 2 rings (SSSR count). The van der Waals surface area contributed by atoms with Crippen molar-refractivity contribution in [3.05, 3.63) is 40.5 Å². The van der Waals surface area contributed by atoms with E-state index in [9.17, 15) is 0 Å². The number of hydrogen-bond donors (Lipinski definition) is 0. The molecule has 0 saturated carbocycles. The molecule has 0 bridgehead atoms. The largest absolute Gasteiger partial charge is 0.255 e. The molecule has 0 saturated heterocycles. The number of halogens is 1. The zero-order valence-electron chi connectivity index (χ0n) is 10.0. The van der Waals surface area contributed by atoms with Crippen LogP contribution >= 0.6 is 11.6 Å². The molecular formula is C15H14ClN. The smallest absolute Gasteiger partial charge is 0.0720 e. The first kappa shape index (κ1) is 12.0. The van der Waals surface area contributed by atoms with Gasteiger partial charge in [0.05, 0.1) is 5.52 Å². The van der Waals surface area contributed by atoms with Crippen LogP contribution in [-0.2, 0) is 0 Å². The molecule has 17 heavy (non-hydrogen) atoms. The molecule has 0 spiro atoms. The fraction of sp³-hybridized carbons (Fsp3) is 0.267. The van der Waals surface area contributed by atoms with Crippen molar-refractivity contribution >= 4 is 22.5 Å². The van der Waals surface area contributed by atoms with E-state index in [2.05, 4.69) is 30.7 Å². The lowest BCUT2D eigenvalue weighted by Gasteiger charge is -2.04. The Kier molecular flexibility index (Phi) is 3.66. The van der Waals surface area contributed by atoms with E-state index in [0.717, 1.165) is 29.3 Å². The third kappa shape index (κ3) is 2.60. The highest BCUT2D eigenvalue weighted by Crippen LogP contribution is 2.22. The predicted octanol–water partition coefficient (Wildman–Crippen LogP) is 4.35. The van der Waals surface area contributed by atoms with Gasteiger partial charge >= 0.3 is 0 Å². The summed E-state index contributed by atoms with van der Waals surface area (Å²) in [6.07, 6.45) is 3.84. The van der Waals surface area contributed by atoms with E-state index < -0.39 is 0 Å². The van der Waals surface area contributed by atoms with Crippen LogP contribution in [0, 0.1) is 18.8 Å². The topological polar surface area (TPSA) is 12.9 Å². The molecule has 0 aliphatic rings. The van der Waals surface area contributed by atoms with Gasteiger partial charge in [-0.15, -0.1) is 0 Å².